The number of hydrogen-bond acceptors (Lipinski definition) is 6. The Morgan fingerprint density at radius 3 is 2.38 bits per heavy atom. The molecule has 0 aliphatic carbocycles. The van der Waals surface area contributed by atoms with E-state index >= 15 is 0 Å². The van der Waals surface area contributed by atoms with Gasteiger partial charge in [-0.25, -0.2) is 0 Å². The van der Waals surface area contributed by atoms with Crippen LogP contribution >= 0.6 is 0 Å². The fourth-order valence-corrected chi connectivity index (χ4v) is 1.87. The second-order valence-electron chi connectivity index (χ2n) is 4.33. The molecule has 0 aromatic heterocycles. The van der Waals surface area contributed by atoms with E-state index in [0.717, 1.165) is 0 Å². The van der Waals surface area contributed by atoms with E-state index < -0.39 is 28.8 Å². The number of aliphatic carboxylic acids is 1. The van der Waals surface area contributed by atoms with E-state index in [9.17, 15) is 19.7 Å². The third-order valence-corrected chi connectivity index (χ3v) is 2.94. The van der Waals surface area contributed by atoms with Gasteiger partial charge in [-0.15, -0.1) is 0 Å². The smallest absolute Gasteiger partial charge is 0.321 e. The average molecular weight is 296 g/mol. The third-order valence-electron chi connectivity index (χ3n) is 2.94. The predicted molar refractivity (Wildman–Crippen MR) is 72.7 cm³/mol. The summed E-state index contributed by atoms with van der Waals surface area (Å²) < 4.78 is 4.79. The molecule has 0 unspecified atom stereocenters. The summed E-state index contributed by atoms with van der Waals surface area (Å²) in [6.07, 6.45) is -0.209. The van der Waals surface area contributed by atoms with E-state index in [2.05, 4.69) is 0 Å². The highest BCUT2D eigenvalue weighted by atomic mass is 16.6. The van der Waals surface area contributed by atoms with Gasteiger partial charge in [0.1, 0.15) is 6.04 Å². The fourth-order valence-electron chi connectivity index (χ4n) is 1.87. The van der Waals surface area contributed by atoms with E-state index in [-0.39, 0.29) is 18.7 Å². The molecule has 0 aliphatic heterocycles. The minimum Gasteiger partial charge on any atom is -0.480 e. The highest BCUT2D eigenvalue weighted by Gasteiger charge is 2.29. The Kier molecular flexibility index (Phi) is 5.79. The van der Waals surface area contributed by atoms with Crippen LogP contribution in [0.5, 0.6) is 0 Å². The summed E-state index contributed by atoms with van der Waals surface area (Å²) in [5, 5.41) is 19.6. The number of hydrogen-bond donors (Lipinski definition) is 2. The molecular formula is C13H16N2O6. The first kappa shape index (κ1) is 16.6. The van der Waals surface area contributed by atoms with Crippen LogP contribution < -0.4 is 5.73 Å². The number of esters is 1. The lowest BCUT2D eigenvalue weighted by molar-refractivity contribution is -0.384. The minimum atomic E-state index is -1.31. The molecule has 1 aromatic carbocycles. The molecule has 0 saturated carbocycles. The van der Waals surface area contributed by atoms with Crippen molar-refractivity contribution in [2.45, 2.75) is 25.3 Å². The quantitative estimate of drug-likeness (QED) is 0.436. The molecule has 8 nitrogen and oxygen atoms in total. The molecule has 0 amide bonds. The first-order valence-corrected chi connectivity index (χ1v) is 6.25. The summed E-state index contributed by atoms with van der Waals surface area (Å²) >= 11 is 0. The van der Waals surface area contributed by atoms with Gasteiger partial charge in [-0.1, -0.05) is 12.1 Å². The number of nitro benzene ring substituents is 1. The monoisotopic (exact) mass is 296 g/mol. The van der Waals surface area contributed by atoms with Crippen LogP contribution in [-0.4, -0.2) is 34.6 Å². The zero-order chi connectivity index (χ0) is 16.0. The number of benzene rings is 1. The van der Waals surface area contributed by atoms with Crippen LogP contribution in [0.15, 0.2) is 24.3 Å². The van der Waals surface area contributed by atoms with Crippen molar-refractivity contribution in [3.63, 3.8) is 0 Å². The molecule has 1 rings (SSSR count). The number of nitrogens with zero attached hydrogens (tertiary/aromatic N) is 1. The van der Waals surface area contributed by atoms with Crippen LogP contribution in [-0.2, 0) is 14.3 Å². The van der Waals surface area contributed by atoms with E-state index in [1.807, 2.05) is 0 Å². The normalized spacial score (nSPS) is 13.2. The zero-order valence-corrected chi connectivity index (χ0v) is 11.4. The standard InChI is InChI=1S/C13H16N2O6/c1-2-21-11(16)7-10(12(14)13(17)18)8-3-5-9(6-4-8)15(19)20/h3-6,10,12H,2,7,14H2,1H3,(H,17,18)/t10-,12-/m1/s1. The van der Waals surface area contributed by atoms with Gasteiger partial charge in [-0.2, -0.15) is 0 Å². The number of carbonyl (C=O) groups is 2. The molecule has 0 spiro atoms. The van der Waals surface area contributed by atoms with Gasteiger partial charge in [0.25, 0.3) is 5.69 Å². The molecule has 3 N–H and O–H groups in total. The van der Waals surface area contributed by atoms with E-state index in [1.54, 1.807) is 6.92 Å². The Morgan fingerprint density at radius 2 is 1.95 bits per heavy atom. The van der Waals surface area contributed by atoms with Crippen molar-refractivity contribution in [3.05, 3.63) is 39.9 Å². The molecule has 0 fully saturated rings. The Labute approximate surface area is 120 Å². The van der Waals surface area contributed by atoms with Crippen molar-refractivity contribution < 1.29 is 24.4 Å². The maximum Gasteiger partial charge on any atom is 0.321 e. The molecule has 0 aliphatic rings. The van der Waals surface area contributed by atoms with Gasteiger partial charge >= 0.3 is 11.9 Å². The lowest BCUT2D eigenvalue weighted by atomic mass is 9.89. The second kappa shape index (κ2) is 7.34. The second-order valence-corrected chi connectivity index (χ2v) is 4.33. The molecule has 0 bridgehead atoms. The first-order chi connectivity index (χ1) is 9.86. The summed E-state index contributed by atoms with van der Waals surface area (Å²) in [6.45, 7) is 1.81. The Bertz CT molecular complexity index is 528. The van der Waals surface area contributed by atoms with Crippen LogP contribution in [0.25, 0.3) is 0 Å². The summed E-state index contributed by atoms with van der Waals surface area (Å²) in [7, 11) is 0. The summed E-state index contributed by atoms with van der Waals surface area (Å²) in [5.41, 5.74) is 5.90. The number of nitrogens with two attached hydrogens (primary N) is 1. The number of carboxylic acid groups (broad SMARTS) is 1. The number of ether oxygens (including phenoxy) is 1. The Morgan fingerprint density at radius 1 is 1.38 bits per heavy atom. The molecule has 114 valence electrons. The van der Waals surface area contributed by atoms with E-state index in [4.69, 9.17) is 15.6 Å². The van der Waals surface area contributed by atoms with Gasteiger partial charge in [0.2, 0.25) is 0 Å². The molecule has 0 saturated heterocycles. The van der Waals surface area contributed by atoms with E-state index in [0.29, 0.717) is 5.56 Å². The molecule has 8 heteroatoms. The molecular weight excluding hydrogens is 280 g/mol. The van der Waals surface area contributed by atoms with Crippen LogP contribution in [0.4, 0.5) is 5.69 Å². The van der Waals surface area contributed by atoms with Gasteiger partial charge in [0, 0.05) is 18.1 Å². The van der Waals surface area contributed by atoms with Crippen LogP contribution in [0, 0.1) is 10.1 Å². The number of carboxylic acids is 1. The van der Waals surface area contributed by atoms with Gasteiger partial charge in [-0.05, 0) is 12.5 Å². The number of rotatable bonds is 7. The van der Waals surface area contributed by atoms with Crippen molar-refractivity contribution in [2.75, 3.05) is 6.61 Å². The fraction of sp³-hybridized carbons (Fsp3) is 0.385. The van der Waals surface area contributed by atoms with Crippen molar-refractivity contribution >= 4 is 17.6 Å². The molecule has 1 aromatic rings. The van der Waals surface area contributed by atoms with Crippen LogP contribution in [0.2, 0.25) is 0 Å². The lowest BCUT2D eigenvalue weighted by Gasteiger charge is -2.20. The van der Waals surface area contributed by atoms with E-state index in [1.165, 1.54) is 24.3 Å². The van der Waals surface area contributed by atoms with Crippen LogP contribution in [0.3, 0.4) is 0 Å². The van der Waals surface area contributed by atoms with Crippen LogP contribution in [0.1, 0.15) is 24.8 Å². The summed E-state index contributed by atoms with van der Waals surface area (Å²) in [6, 6.07) is 3.95. The Balaban J connectivity index is 3.02. The number of carbonyl (C=O) groups excluding carboxylic acids is 1. The van der Waals surface area contributed by atoms with Gasteiger partial charge in [0.15, 0.2) is 0 Å². The number of non-ortho nitro benzene ring substituents is 1. The van der Waals surface area contributed by atoms with Gasteiger partial charge in [-0.3, -0.25) is 19.7 Å². The molecule has 21 heavy (non-hydrogen) atoms. The maximum absolute atomic E-state index is 11.6. The topological polar surface area (TPSA) is 133 Å². The van der Waals surface area contributed by atoms with Gasteiger partial charge < -0.3 is 15.6 Å². The van der Waals surface area contributed by atoms with Crippen molar-refractivity contribution in [1.82, 2.24) is 0 Å². The summed E-state index contributed by atoms with van der Waals surface area (Å²) in [4.78, 5) is 32.6. The highest BCUT2D eigenvalue weighted by Crippen LogP contribution is 2.25. The zero-order valence-electron chi connectivity index (χ0n) is 11.4. The van der Waals surface area contributed by atoms with Crippen molar-refractivity contribution in [3.8, 4) is 0 Å². The molecule has 0 radical (unpaired) electrons. The average Bonchev–Trinajstić information content (AvgIpc) is 2.44. The molecule has 0 heterocycles. The lowest BCUT2D eigenvalue weighted by Crippen LogP contribution is -2.37. The first-order valence-electron chi connectivity index (χ1n) is 6.25. The van der Waals surface area contributed by atoms with Crippen molar-refractivity contribution in [2.24, 2.45) is 5.73 Å². The predicted octanol–water partition coefficient (Wildman–Crippen LogP) is 1.04. The SMILES string of the molecule is CCOC(=O)C[C@H](c1ccc([N+](=O)[O-])cc1)[C@@H](N)C(=O)O. The largest absolute Gasteiger partial charge is 0.480 e. The molecule has 2 atom stereocenters. The summed E-state index contributed by atoms with van der Waals surface area (Å²) in [5.74, 6) is -2.65. The third kappa shape index (κ3) is 4.53. The van der Waals surface area contributed by atoms with Crippen molar-refractivity contribution in [1.29, 1.82) is 0 Å². The highest BCUT2D eigenvalue weighted by molar-refractivity contribution is 5.77. The Hall–Kier alpha value is -2.48. The minimum absolute atomic E-state index is 0.127. The van der Waals surface area contributed by atoms with Gasteiger partial charge in [0.05, 0.1) is 18.0 Å². The maximum atomic E-state index is 11.6. The number of nitro groups is 1.